The zero-order valence-corrected chi connectivity index (χ0v) is 16.2. The molecule has 3 rings (SSSR count). The number of nitrogens with one attached hydrogen (secondary N) is 1. The Hall–Kier alpha value is -1.38. The second kappa shape index (κ2) is 6.65. The molecule has 0 aliphatic carbocycles. The first kappa shape index (κ1) is 19.4. The van der Waals surface area contributed by atoms with Gasteiger partial charge in [0.15, 0.2) is 0 Å². The highest BCUT2D eigenvalue weighted by molar-refractivity contribution is 8.02. The minimum absolute atomic E-state index is 0.0971. The average Bonchev–Trinajstić information content (AvgIpc) is 2.81. The molecule has 2 heterocycles. The number of thioether (sulfide) groups is 1. The van der Waals surface area contributed by atoms with E-state index in [-0.39, 0.29) is 12.3 Å². The van der Waals surface area contributed by atoms with E-state index < -0.39 is 35.4 Å². The summed E-state index contributed by atoms with van der Waals surface area (Å²) in [6.07, 6.45) is 0.0971. The van der Waals surface area contributed by atoms with Crippen LogP contribution in [0, 0.1) is 0 Å². The summed E-state index contributed by atoms with van der Waals surface area (Å²) in [5.41, 5.74) is 7.33. The second-order valence-electron chi connectivity index (χ2n) is 7.01. The van der Waals surface area contributed by atoms with Gasteiger partial charge in [0.1, 0.15) is 17.2 Å². The van der Waals surface area contributed by atoms with Gasteiger partial charge in [-0.15, -0.1) is 11.8 Å². The Kier molecular flexibility index (Phi) is 4.96. The lowest BCUT2D eigenvalue weighted by atomic mass is 10.0. The molecule has 0 bridgehead atoms. The quantitative estimate of drug-likeness (QED) is 0.415. The number of benzene rings is 1. The molecule has 26 heavy (non-hydrogen) atoms. The Bertz CT molecular complexity index is 796. The normalized spacial score (nSPS) is 27.0. The third-order valence-corrected chi connectivity index (χ3v) is 7.99. The molecule has 5 N–H and O–H groups in total. The molecule has 2 amide bonds. The third-order valence-electron chi connectivity index (χ3n) is 4.71. The van der Waals surface area contributed by atoms with Crippen molar-refractivity contribution in [3.63, 3.8) is 0 Å². The third kappa shape index (κ3) is 3.30. The number of carbonyl (C=O) groups is 2. The average molecular weight is 399 g/mol. The van der Waals surface area contributed by atoms with Gasteiger partial charge in [0, 0.05) is 11.3 Å². The standard InChI is InChI=1S/C16H22N3O5PS/c1-16(2)15(25(22,23)24)19-13(21)12(14(19)26-16)18-11(20)7-9-5-3-4-6-10(9)8-17/h3-6,12,14-15H,7-8,17H2,1-2H3,(H,18,20)(H2,22,23,24). The number of fused-ring (bicyclic) bond motifs is 1. The zero-order valence-electron chi connectivity index (χ0n) is 14.5. The molecule has 0 radical (unpaired) electrons. The Morgan fingerprint density at radius 2 is 1.96 bits per heavy atom. The molecular weight excluding hydrogens is 377 g/mol. The maximum absolute atomic E-state index is 12.4. The SMILES string of the molecule is CC1(C)SC2C(NC(=O)Cc3ccccc3CN)C(=O)N2C1P(=O)(O)O. The van der Waals surface area contributed by atoms with E-state index in [2.05, 4.69) is 5.32 Å². The fourth-order valence-electron chi connectivity index (χ4n) is 3.60. The van der Waals surface area contributed by atoms with Gasteiger partial charge in [-0.1, -0.05) is 24.3 Å². The van der Waals surface area contributed by atoms with Crippen molar-refractivity contribution in [2.75, 3.05) is 0 Å². The number of nitrogens with two attached hydrogens (primary N) is 1. The predicted molar refractivity (Wildman–Crippen MR) is 98.1 cm³/mol. The molecule has 2 fully saturated rings. The van der Waals surface area contributed by atoms with Crippen molar-refractivity contribution >= 4 is 31.2 Å². The van der Waals surface area contributed by atoms with Gasteiger partial charge >= 0.3 is 7.60 Å². The first-order valence-electron chi connectivity index (χ1n) is 8.17. The van der Waals surface area contributed by atoms with E-state index in [9.17, 15) is 23.9 Å². The van der Waals surface area contributed by atoms with Crippen LogP contribution in [0.1, 0.15) is 25.0 Å². The van der Waals surface area contributed by atoms with Crippen molar-refractivity contribution in [1.82, 2.24) is 10.2 Å². The molecule has 3 atom stereocenters. The first-order valence-corrected chi connectivity index (χ1v) is 10.7. The van der Waals surface area contributed by atoms with Gasteiger partial charge < -0.3 is 25.7 Å². The Morgan fingerprint density at radius 3 is 2.54 bits per heavy atom. The Morgan fingerprint density at radius 1 is 1.35 bits per heavy atom. The van der Waals surface area contributed by atoms with Crippen molar-refractivity contribution < 1.29 is 23.9 Å². The molecule has 2 aliphatic rings. The molecular formula is C16H22N3O5PS. The number of rotatable bonds is 5. The lowest BCUT2D eigenvalue weighted by molar-refractivity contribution is -0.149. The zero-order chi connectivity index (χ0) is 19.3. The number of carbonyl (C=O) groups excluding carboxylic acids is 2. The lowest BCUT2D eigenvalue weighted by Gasteiger charge is -2.44. The summed E-state index contributed by atoms with van der Waals surface area (Å²) in [6.45, 7) is 3.71. The van der Waals surface area contributed by atoms with Gasteiger partial charge in [0.2, 0.25) is 11.8 Å². The monoisotopic (exact) mass is 399 g/mol. The van der Waals surface area contributed by atoms with Gasteiger partial charge in [-0.25, -0.2) is 0 Å². The molecule has 1 aromatic rings. The second-order valence-corrected chi connectivity index (χ2v) is 10.5. The maximum atomic E-state index is 12.4. The van der Waals surface area contributed by atoms with Gasteiger partial charge in [-0.2, -0.15) is 0 Å². The van der Waals surface area contributed by atoms with Crippen LogP contribution in [0.2, 0.25) is 0 Å². The summed E-state index contributed by atoms with van der Waals surface area (Å²) in [7, 11) is -4.48. The van der Waals surface area contributed by atoms with Crippen LogP contribution in [0.25, 0.3) is 0 Å². The van der Waals surface area contributed by atoms with Crippen LogP contribution in [0.5, 0.6) is 0 Å². The summed E-state index contributed by atoms with van der Waals surface area (Å²) < 4.78 is 11.0. The molecule has 0 saturated carbocycles. The number of nitrogens with zero attached hydrogens (tertiary/aromatic N) is 1. The molecule has 0 spiro atoms. The van der Waals surface area contributed by atoms with Gasteiger partial charge in [0.05, 0.1) is 6.42 Å². The van der Waals surface area contributed by atoms with Crippen LogP contribution < -0.4 is 11.1 Å². The van der Waals surface area contributed by atoms with Gasteiger partial charge in [-0.3, -0.25) is 14.2 Å². The highest BCUT2D eigenvalue weighted by atomic mass is 32.2. The Labute approximate surface area is 155 Å². The van der Waals surface area contributed by atoms with Crippen molar-refractivity contribution in [1.29, 1.82) is 0 Å². The van der Waals surface area contributed by atoms with Crippen LogP contribution in [-0.2, 0) is 27.1 Å². The van der Waals surface area contributed by atoms with E-state index in [0.29, 0.717) is 6.54 Å². The number of amides is 2. The highest BCUT2D eigenvalue weighted by Gasteiger charge is 2.66. The number of hydrogen-bond donors (Lipinski definition) is 4. The minimum Gasteiger partial charge on any atom is -0.341 e. The maximum Gasteiger partial charge on any atom is 0.349 e. The molecule has 8 nitrogen and oxygen atoms in total. The molecule has 142 valence electrons. The topological polar surface area (TPSA) is 133 Å². The van der Waals surface area contributed by atoms with Gasteiger partial charge in [0.25, 0.3) is 0 Å². The molecule has 10 heteroatoms. The van der Waals surface area contributed by atoms with Crippen LogP contribution in [0.3, 0.4) is 0 Å². The molecule has 3 unspecified atom stereocenters. The summed E-state index contributed by atoms with van der Waals surface area (Å²) in [6, 6.07) is 6.55. The van der Waals surface area contributed by atoms with Crippen molar-refractivity contribution in [2.45, 2.75) is 48.8 Å². The first-order chi connectivity index (χ1) is 12.1. The van der Waals surface area contributed by atoms with E-state index in [1.54, 1.807) is 13.8 Å². The van der Waals surface area contributed by atoms with E-state index in [4.69, 9.17) is 5.73 Å². The highest BCUT2D eigenvalue weighted by Crippen LogP contribution is 2.62. The van der Waals surface area contributed by atoms with Crippen molar-refractivity contribution in [3.05, 3.63) is 35.4 Å². The van der Waals surface area contributed by atoms with Crippen LogP contribution >= 0.6 is 19.4 Å². The van der Waals surface area contributed by atoms with E-state index in [0.717, 1.165) is 11.1 Å². The number of hydrogen-bond acceptors (Lipinski definition) is 5. The molecule has 2 saturated heterocycles. The van der Waals surface area contributed by atoms with Crippen LogP contribution in [0.4, 0.5) is 0 Å². The van der Waals surface area contributed by atoms with E-state index in [1.165, 1.54) is 16.7 Å². The predicted octanol–water partition coefficient (Wildman–Crippen LogP) is 0.370. The fourth-order valence-corrected chi connectivity index (χ4v) is 7.20. The number of β-lactam (4-membered cyclic amide) rings is 1. The summed E-state index contributed by atoms with van der Waals surface area (Å²) in [5, 5.41) is 2.23. The fraction of sp³-hybridized carbons (Fsp3) is 0.500. The van der Waals surface area contributed by atoms with Crippen molar-refractivity contribution in [3.8, 4) is 0 Å². The van der Waals surface area contributed by atoms with Crippen LogP contribution in [0.15, 0.2) is 24.3 Å². The van der Waals surface area contributed by atoms with E-state index in [1.807, 2.05) is 24.3 Å². The summed E-state index contributed by atoms with van der Waals surface area (Å²) in [4.78, 5) is 45.3. The lowest BCUT2D eigenvalue weighted by Crippen LogP contribution is -2.69. The summed E-state index contributed by atoms with van der Waals surface area (Å²) >= 11 is 1.30. The van der Waals surface area contributed by atoms with E-state index >= 15 is 0 Å². The van der Waals surface area contributed by atoms with Crippen LogP contribution in [-0.4, -0.2) is 48.4 Å². The van der Waals surface area contributed by atoms with Gasteiger partial charge in [-0.05, 0) is 25.0 Å². The molecule has 2 aliphatic heterocycles. The summed E-state index contributed by atoms with van der Waals surface area (Å²) in [5.74, 6) is -1.95. The molecule has 1 aromatic carbocycles. The van der Waals surface area contributed by atoms with Crippen molar-refractivity contribution in [2.24, 2.45) is 5.73 Å². The largest absolute Gasteiger partial charge is 0.349 e. The molecule has 0 aromatic heterocycles. The smallest absolute Gasteiger partial charge is 0.341 e. The Balaban J connectivity index is 1.70. The minimum atomic E-state index is -4.48.